The molecular formula is C11H13ClN4. The molecule has 16 heavy (non-hydrogen) atoms. The molecule has 0 aromatic carbocycles. The first-order valence-electron chi connectivity index (χ1n) is 5.21. The van der Waals surface area contributed by atoms with Crippen LogP contribution in [-0.2, 0) is 13.5 Å². The molecular weight excluding hydrogens is 224 g/mol. The molecule has 84 valence electrons. The van der Waals surface area contributed by atoms with Gasteiger partial charge in [0.2, 0.25) is 0 Å². The summed E-state index contributed by atoms with van der Waals surface area (Å²) in [6.45, 7) is 2.10. The molecule has 0 saturated carbocycles. The van der Waals surface area contributed by atoms with Crippen molar-refractivity contribution in [1.29, 1.82) is 0 Å². The third kappa shape index (κ3) is 2.07. The third-order valence-electron chi connectivity index (χ3n) is 2.35. The van der Waals surface area contributed by atoms with Gasteiger partial charge in [0.25, 0.3) is 0 Å². The Morgan fingerprint density at radius 2 is 2.19 bits per heavy atom. The Balaban J connectivity index is 2.51. The Morgan fingerprint density at radius 3 is 2.81 bits per heavy atom. The van der Waals surface area contributed by atoms with Crippen molar-refractivity contribution in [1.82, 2.24) is 19.7 Å². The van der Waals surface area contributed by atoms with Crippen LogP contribution in [0.5, 0.6) is 0 Å². The smallest absolute Gasteiger partial charge is 0.136 e. The molecule has 4 nitrogen and oxygen atoms in total. The second kappa shape index (κ2) is 4.61. The van der Waals surface area contributed by atoms with Crippen molar-refractivity contribution in [2.24, 2.45) is 7.05 Å². The van der Waals surface area contributed by atoms with Gasteiger partial charge in [-0.3, -0.25) is 4.68 Å². The van der Waals surface area contributed by atoms with Crippen molar-refractivity contribution in [3.63, 3.8) is 0 Å². The highest BCUT2D eigenvalue weighted by molar-refractivity contribution is 6.30. The summed E-state index contributed by atoms with van der Waals surface area (Å²) < 4.78 is 1.75. The molecule has 0 radical (unpaired) electrons. The minimum absolute atomic E-state index is 0.525. The van der Waals surface area contributed by atoms with E-state index < -0.39 is 0 Å². The lowest BCUT2D eigenvalue weighted by Gasteiger charge is -2.06. The molecule has 2 rings (SSSR count). The fourth-order valence-corrected chi connectivity index (χ4v) is 1.85. The summed E-state index contributed by atoms with van der Waals surface area (Å²) in [5.41, 5.74) is 2.66. The quantitative estimate of drug-likeness (QED) is 0.769. The van der Waals surface area contributed by atoms with Crippen LogP contribution >= 0.6 is 11.6 Å². The predicted octanol–water partition coefficient (Wildman–Crippen LogP) is 2.48. The summed E-state index contributed by atoms with van der Waals surface area (Å²) >= 11 is 6.08. The van der Waals surface area contributed by atoms with Crippen LogP contribution in [0.2, 0.25) is 5.15 Å². The van der Waals surface area contributed by atoms with Crippen LogP contribution in [0.3, 0.4) is 0 Å². The predicted molar refractivity (Wildman–Crippen MR) is 63.2 cm³/mol. The number of nitrogens with zero attached hydrogens (tertiary/aromatic N) is 4. The Bertz CT molecular complexity index is 492. The van der Waals surface area contributed by atoms with Gasteiger partial charge in [-0.15, -0.1) is 0 Å². The molecule has 0 amide bonds. The number of aryl methyl sites for hydroxylation is 1. The van der Waals surface area contributed by atoms with Crippen LogP contribution in [-0.4, -0.2) is 19.7 Å². The summed E-state index contributed by atoms with van der Waals surface area (Å²) in [5.74, 6) is 0. The molecule has 0 bridgehead atoms. The van der Waals surface area contributed by atoms with Gasteiger partial charge in [0.15, 0.2) is 0 Å². The highest BCUT2D eigenvalue weighted by atomic mass is 35.5. The molecule has 0 aliphatic heterocycles. The van der Waals surface area contributed by atoms with E-state index in [0.29, 0.717) is 5.15 Å². The molecule has 0 spiro atoms. The third-order valence-corrected chi connectivity index (χ3v) is 2.67. The van der Waals surface area contributed by atoms with E-state index in [4.69, 9.17) is 11.6 Å². The molecule has 0 fully saturated rings. The van der Waals surface area contributed by atoms with Crippen LogP contribution in [0, 0.1) is 0 Å². The summed E-state index contributed by atoms with van der Waals surface area (Å²) in [7, 11) is 1.88. The van der Waals surface area contributed by atoms with Crippen molar-refractivity contribution in [3.05, 3.63) is 29.3 Å². The summed E-state index contributed by atoms with van der Waals surface area (Å²) in [6.07, 6.45) is 5.24. The standard InChI is InChI=1S/C11H13ClN4/c1-3-4-8-10(13-7-14-11(8)12)9-5-6-16(2)15-9/h5-7H,3-4H2,1-2H3. The van der Waals surface area contributed by atoms with Crippen molar-refractivity contribution < 1.29 is 0 Å². The zero-order valence-corrected chi connectivity index (χ0v) is 10.1. The second-order valence-electron chi connectivity index (χ2n) is 3.62. The largest absolute Gasteiger partial charge is 0.275 e. The minimum atomic E-state index is 0.525. The maximum absolute atomic E-state index is 6.08. The van der Waals surface area contributed by atoms with Gasteiger partial charge in [-0.05, 0) is 12.5 Å². The first kappa shape index (κ1) is 11.1. The SMILES string of the molecule is CCCc1c(Cl)ncnc1-c1ccn(C)n1. The zero-order valence-electron chi connectivity index (χ0n) is 9.31. The molecule has 0 aliphatic rings. The average molecular weight is 237 g/mol. The van der Waals surface area contributed by atoms with E-state index in [-0.39, 0.29) is 0 Å². The first-order chi connectivity index (χ1) is 7.72. The molecule has 0 saturated heterocycles. The Kier molecular flexibility index (Phi) is 3.19. The number of rotatable bonds is 3. The van der Waals surface area contributed by atoms with E-state index in [9.17, 15) is 0 Å². The van der Waals surface area contributed by atoms with Gasteiger partial charge in [-0.25, -0.2) is 9.97 Å². The number of aromatic nitrogens is 4. The van der Waals surface area contributed by atoms with Crippen molar-refractivity contribution in [2.45, 2.75) is 19.8 Å². The molecule has 0 N–H and O–H groups in total. The fourth-order valence-electron chi connectivity index (χ4n) is 1.62. The zero-order chi connectivity index (χ0) is 11.5. The number of hydrogen-bond acceptors (Lipinski definition) is 3. The number of hydrogen-bond donors (Lipinski definition) is 0. The Morgan fingerprint density at radius 1 is 1.38 bits per heavy atom. The van der Waals surface area contributed by atoms with Crippen LogP contribution in [0.15, 0.2) is 18.6 Å². The maximum Gasteiger partial charge on any atom is 0.136 e. The van der Waals surface area contributed by atoms with E-state index in [1.165, 1.54) is 6.33 Å². The van der Waals surface area contributed by atoms with Crippen molar-refractivity contribution >= 4 is 11.6 Å². The number of halogens is 1. The van der Waals surface area contributed by atoms with Crippen LogP contribution < -0.4 is 0 Å². The van der Waals surface area contributed by atoms with Crippen molar-refractivity contribution in [3.8, 4) is 11.4 Å². The topological polar surface area (TPSA) is 43.6 Å². The highest BCUT2D eigenvalue weighted by Gasteiger charge is 2.12. The van der Waals surface area contributed by atoms with Gasteiger partial charge < -0.3 is 0 Å². The normalized spacial score (nSPS) is 10.7. The average Bonchev–Trinajstić information content (AvgIpc) is 2.68. The van der Waals surface area contributed by atoms with Gasteiger partial charge in [-0.1, -0.05) is 24.9 Å². The monoisotopic (exact) mass is 236 g/mol. The lowest BCUT2D eigenvalue weighted by atomic mass is 10.1. The first-order valence-corrected chi connectivity index (χ1v) is 5.59. The Labute approximate surface area is 99.3 Å². The van der Waals surface area contributed by atoms with Gasteiger partial charge in [0.05, 0.1) is 5.69 Å². The van der Waals surface area contributed by atoms with Gasteiger partial charge in [0, 0.05) is 18.8 Å². The van der Waals surface area contributed by atoms with Gasteiger partial charge in [-0.2, -0.15) is 5.10 Å². The summed E-state index contributed by atoms with van der Waals surface area (Å²) in [6, 6.07) is 1.93. The van der Waals surface area contributed by atoms with Crippen molar-refractivity contribution in [2.75, 3.05) is 0 Å². The van der Waals surface area contributed by atoms with E-state index in [2.05, 4.69) is 22.0 Å². The fraction of sp³-hybridized carbons (Fsp3) is 0.364. The van der Waals surface area contributed by atoms with E-state index >= 15 is 0 Å². The molecule has 0 unspecified atom stereocenters. The van der Waals surface area contributed by atoms with Gasteiger partial charge >= 0.3 is 0 Å². The van der Waals surface area contributed by atoms with E-state index in [0.717, 1.165) is 29.8 Å². The maximum atomic E-state index is 6.08. The molecule has 0 atom stereocenters. The van der Waals surface area contributed by atoms with E-state index in [1.54, 1.807) is 4.68 Å². The summed E-state index contributed by atoms with van der Waals surface area (Å²) in [4.78, 5) is 8.28. The molecule has 5 heteroatoms. The van der Waals surface area contributed by atoms with Crippen LogP contribution in [0.4, 0.5) is 0 Å². The lowest BCUT2D eigenvalue weighted by molar-refractivity contribution is 0.768. The second-order valence-corrected chi connectivity index (χ2v) is 3.97. The van der Waals surface area contributed by atoms with Crippen LogP contribution in [0.25, 0.3) is 11.4 Å². The Hall–Kier alpha value is -1.42. The van der Waals surface area contributed by atoms with Crippen LogP contribution in [0.1, 0.15) is 18.9 Å². The van der Waals surface area contributed by atoms with E-state index in [1.807, 2.05) is 19.3 Å². The van der Waals surface area contributed by atoms with Gasteiger partial charge in [0.1, 0.15) is 17.2 Å². The molecule has 2 aromatic heterocycles. The molecule has 2 aromatic rings. The lowest BCUT2D eigenvalue weighted by Crippen LogP contribution is -1.98. The highest BCUT2D eigenvalue weighted by Crippen LogP contribution is 2.25. The molecule has 2 heterocycles. The minimum Gasteiger partial charge on any atom is -0.275 e. The molecule has 0 aliphatic carbocycles. The summed E-state index contributed by atoms with van der Waals surface area (Å²) in [5, 5.41) is 4.86.